The molecule has 1 heterocycles. The van der Waals surface area contributed by atoms with E-state index in [1.165, 1.54) is 0 Å². The van der Waals surface area contributed by atoms with Gasteiger partial charge in [0.25, 0.3) is 5.91 Å². The number of urea groups is 1. The number of amides is 4. The molecule has 2 N–H and O–H groups in total. The summed E-state index contributed by atoms with van der Waals surface area (Å²) in [6, 6.07) is 16.1. The number of carbonyl (C=O) groups excluding carboxylic acids is 3. The Hall–Kier alpha value is -3.35. The molecule has 0 aromatic heterocycles. The van der Waals surface area contributed by atoms with E-state index in [-0.39, 0.29) is 18.4 Å². The second-order valence-electron chi connectivity index (χ2n) is 7.98. The van der Waals surface area contributed by atoms with E-state index >= 15 is 0 Å². The first-order valence-electron chi connectivity index (χ1n) is 10.0. The van der Waals surface area contributed by atoms with Crippen molar-refractivity contribution in [3.05, 3.63) is 65.7 Å². The van der Waals surface area contributed by atoms with Gasteiger partial charge in [-0.15, -0.1) is 0 Å². The Kier molecular flexibility index (Phi) is 5.20. The van der Waals surface area contributed by atoms with Crippen LogP contribution < -0.4 is 15.4 Å². The van der Waals surface area contributed by atoms with E-state index in [0.29, 0.717) is 0 Å². The summed E-state index contributed by atoms with van der Waals surface area (Å²) in [6.07, 6.45) is 1.83. The van der Waals surface area contributed by atoms with Crippen LogP contribution in [0.4, 0.5) is 4.79 Å². The number of benzene rings is 2. The van der Waals surface area contributed by atoms with Gasteiger partial charge in [-0.1, -0.05) is 42.5 Å². The van der Waals surface area contributed by atoms with Gasteiger partial charge < -0.3 is 15.4 Å². The first-order valence-corrected chi connectivity index (χ1v) is 10.0. The van der Waals surface area contributed by atoms with Crippen LogP contribution in [-0.4, -0.2) is 41.9 Å². The quantitative estimate of drug-likeness (QED) is 0.691. The van der Waals surface area contributed by atoms with Crippen molar-refractivity contribution < 1.29 is 19.1 Å². The molecule has 0 radical (unpaired) electrons. The minimum atomic E-state index is -0.897. The van der Waals surface area contributed by atoms with E-state index in [9.17, 15) is 14.4 Å². The molecule has 7 heteroatoms. The summed E-state index contributed by atoms with van der Waals surface area (Å²) in [6.45, 7) is 1.43. The SMILES string of the molecule is COc1ccc(C(NC(=O)CN2C(=O)NC(C)(C3CC3)C2=O)c2ccccc2)cc1. The Morgan fingerprint density at radius 1 is 1.13 bits per heavy atom. The van der Waals surface area contributed by atoms with Crippen LogP contribution in [0.2, 0.25) is 0 Å². The predicted molar refractivity (Wildman–Crippen MR) is 111 cm³/mol. The molecule has 1 aliphatic heterocycles. The van der Waals surface area contributed by atoms with Crippen LogP contribution >= 0.6 is 0 Å². The van der Waals surface area contributed by atoms with Gasteiger partial charge in [-0.05, 0) is 48.9 Å². The highest BCUT2D eigenvalue weighted by atomic mass is 16.5. The largest absolute Gasteiger partial charge is 0.497 e. The lowest BCUT2D eigenvalue weighted by molar-refractivity contribution is -0.135. The summed E-state index contributed by atoms with van der Waals surface area (Å²) in [7, 11) is 1.60. The van der Waals surface area contributed by atoms with Crippen molar-refractivity contribution in [2.75, 3.05) is 13.7 Å². The lowest BCUT2D eigenvalue weighted by atomic mass is 9.96. The second-order valence-corrected chi connectivity index (χ2v) is 7.98. The molecule has 2 atom stereocenters. The van der Waals surface area contributed by atoms with Crippen molar-refractivity contribution >= 4 is 17.8 Å². The fourth-order valence-electron chi connectivity index (χ4n) is 3.95. The van der Waals surface area contributed by atoms with Crippen molar-refractivity contribution in [3.63, 3.8) is 0 Å². The Balaban J connectivity index is 1.52. The zero-order valence-electron chi connectivity index (χ0n) is 17.1. The van der Waals surface area contributed by atoms with Gasteiger partial charge in [-0.25, -0.2) is 4.79 Å². The van der Waals surface area contributed by atoms with Gasteiger partial charge in [0.1, 0.15) is 17.8 Å². The maximum absolute atomic E-state index is 12.9. The van der Waals surface area contributed by atoms with E-state index in [0.717, 1.165) is 34.6 Å². The fraction of sp³-hybridized carbons (Fsp3) is 0.348. The Bertz CT molecular complexity index is 956. The molecule has 1 aliphatic carbocycles. The lowest BCUT2D eigenvalue weighted by Gasteiger charge is -2.23. The number of rotatable bonds is 7. The standard InChI is InChI=1S/C23H25N3O4/c1-23(17-10-11-17)21(28)26(22(29)25-23)14-19(27)24-20(15-6-4-3-5-7-15)16-8-12-18(30-2)13-9-16/h3-9,12-13,17,20H,10-11,14H2,1-2H3,(H,24,27)(H,25,29). The summed E-state index contributed by atoms with van der Waals surface area (Å²) >= 11 is 0. The van der Waals surface area contributed by atoms with E-state index in [4.69, 9.17) is 4.74 Å². The average molecular weight is 407 g/mol. The van der Waals surface area contributed by atoms with Crippen LogP contribution in [0.1, 0.15) is 36.9 Å². The number of ether oxygens (including phenoxy) is 1. The topological polar surface area (TPSA) is 87.7 Å². The normalized spacial score (nSPS) is 21.9. The number of nitrogens with one attached hydrogen (secondary N) is 2. The van der Waals surface area contributed by atoms with Crippen molar-refractivity contribution in [2.24, 2.45) is 5.92 Å². The van der Waals surface area contributed by atoms with Crippen molar-refractivity contribution in [3.8, 4) is 5.75 Å². The number of carbonyl (C=O) groups is 3. The molecule has 156 valence electrons. The monoisotopic (exact) mass is 407 g/mol. The number of hydrogen-bond acceptors (Lipinski definition) is 4. The summed E-state index contributed by atoms with van der Waals surface area (Å²) < 4.78 is 5.22. The molecule has 2 aliphatic rings. The fourth-order valence-corrected chi connectivity index (χ4v) is 3.95. The van der Waals surface area contributed by atoms with Crippen molar-refractivity contribution in [2.45, 2.75) is 31.3 Å². The third-order valence-corrected chi connectivity index (χ3v) is 5.88. The first-order chi connectivity index (χ1) is 14.4. The van der Waals surface area contributed by atoms with Crippen LogP contribution in [0.5, 0.6) is 5.75 Å². The number of hydrogen-bond donors (Lipinski definition) is 2. The smallest absolute Gasteiger partial charge is 0.325 e. The summed E-state index contributed by atoms with van der Waals surface area (Å²) in [5, 5.41) is 5.74. The summed E-state index contributed by atoms with van der Waals surface area (Å²) in [4.78, 5) is 39.0. The highest BCUT2D eigenvalue weighted by Gasteiger charge is 2.56. The molecule has 0 bridgehead atoms. The molecule has 30 heavy (non-hydrogen) atoms. The van der Waals surface area contributed by atoms with Gasteiger partial charge >= 0.3 is 6.03 Å². The molecular formula is C23H25N3O4. The molecule has 0 spiro atoms. The van der Waals surface area contributed by atoms with Crippen molar-refractivity contribution in [1.29, 1.82) is 0 Å². The third-order valence-electron chi connectivity index (χ3n) is 5.88. The molecule has 2 fully saturated rings. The zero-order chi connectivity index (χ0) is 21.3. The number of methoxy groups -OCH3 is 1. The minimum Gasteiger partial charge on any atom is -0.497 e. The van der Waals surface area contributed by atoms with Crippen LogP contribution in [0.25, 0.3) is 0 Å². The molecule has 2 unspecified atom stereocenters. The van der Waals surface area contributed by atoms with Gasteiger partial charge in [-0.3, -0.25) is 14.5 Å². The number of nitrogens with zero attached hydrogens (tertiary/aromatic N) is 1. The van der Waals surface area contributed by atoms with Crippen molar-refractivity contribution in [1.82, 2.24) is 15.5 Å². The van der Waals surface area contributed by atoms with Gasteiger partial charge in [0.2, 0.25) is 5.91 Å². The van der Waals surface area contributed by atoms with Gasteiger partial charge in [0.15, 0.2) is 0 Å². The maximum Gasteiger partial charge on any atom is 0.325 e. The highest BCUT2D eigenvalue weighted by molar-refractivity contribution is 6.09. The van der Waals surface area contributed by atoms with E-state index in [1.54, 1.807) is 14.0 Å². The summed E-state index contributed by atoms with van der Waals surface area (Å²) in [5.41, 5.74) is 0.873. The van der Waals surface area contributed by atoms with Crippen LogP contribution in [-0.2, 0) is 9.59 Å². The van der Waals surface area contributed by atoms with E-state index < -0.39 is 23.5 Å². The zero-order valence-corrected chi connectivity index (χ0v) is 17.1. The van der Waals surface area contributed by atoms with Gasteiger partial charge in [0.05, 0.1) is 13.2 Å². The second kappa shape index (κ2) is 7.82. The van der Waals surface area contributed by atoms with E-state index in [1.807, 2.05) is 54.6 Å². The van der Waals surface area contributed by atoms with Crippen LogP contribution in [0.3, 0.4) is 0 Å². The Morgan fingerprint density at radius 3 is 2.37 bits per heavy atom. The molecular weight excluding hydrogens is 382 g/mol. The van der Waals surface area contributed by atoms with Crippen LogP contribution in [0, 0.1) is 5.92 Å². The summed E-state index contributed by atoms with van der Waals surface area (Å²) in [5.74, 6) is 0.142. The molecule has 4 amide bonds. The molecule has 4 rings (SSSR count). The van der Waals surface area contributed by atoms with Gasteiger partial charge in [-0.2, -0.15) is 0 Å². The minimum absolute atomic E-state index is 0.151. The third kappa shape index (κ3) is 3.75. The maximum atomic E-state index is 12.9. The van der Waals surface area contributed by atoms with E-state index in [2.05, 4.69) is 10.6 Å². The molecule has 1 saturated heterocycles. The first kappa shape index (κ1) is 19.9. The molecule has 2 aromatic carbocycles. The molecule has 1 saturated carbocycles. The average Bonchev–Trinajstić information content (AvgIpc) is 3.59. The van der Waals surface area contributed by atoms with Gasteiger partial charge in [0, 0.05) is 0 Å². The predicted octanol–water partition coefficient (Wildman–Crippen LogP) is 2.62. The molecule has 7 nitrogen and oxygen atoms in total. The van der Waals surface area contributed by atoms with Crippen LogP contribution in [0.15, 0.2) is 54.6 Å². The number of imide groups is 1. The lowest BCUT2D eigenvalue weighted by Crippen LogP contribution is -2.47. The molecule has 2 aromatic rings. The Morgan fingerprint density at radius 2 is 1.77 bits per heavy atom. The highest BCUT2D eigenvalue weighted by Crippen LogP contribution is 2.42. The Labute approximate surface area is 175 Å².